The average molecular weight is 335 g/mol. The molecule has 0 unspecified atom stereocenters. The monoisotopic (exact) mass is 333 g/mol. The molecule has 1 rings (SSSR count). The van der Waals surface area contributed by atoms with Crippen LogP contribution in [0.1, 0.15) is 27.2 Å². The van der Waals surface area contributed by atoms with Gasteiger partial charge in [0.2, 0.25) is 0 Å². The molecule has 0 spiro atoms. The molecule has 84 valence electrons. The van der Waals surface area contributed by atoms with E-state index in [0.717, 1.165) is 27.6 Å². The largest absolute Gasteiger partial charge is 0.384 e. The van der Waals surface area contributed by atoms with Gasteiger partial charge in [-0.1, -0.05) is 36.7 Å². The number of halogens is 2. The fourth-order valence-electron chi connectivity index (χ4n) is 1.21. The molecule has 0 bridgehead atoms. The Balaban J connectivity index is 2.54. The van der Waals surface area contributed by atoms with Gasteiger partial charge in [-0.2, -0.15) is 0 Å². The van der Waals surface area contributed by atoms with Crippen molar-refractivity contribution in [3.63, 3.8) is 0 Å². The normalized spacial score (nSPS) is 11.5. The van der Waals surface area contributed by atoms with Crippen molar-refractivity contribution in [2.45, 2.75) is 27.2 Å². The molecule has 0 aliphatic carbocycles. The summed E-state index contributed by atoms with van der Waals surface area (Å²) in [6.45, 7) is 7.76. The summed E-state index contributed by atoms with van der Waals surface area (Å²) >= 11 is 6.99. The molecule has 1 N–H and O–H groups in total. The molecule has 0 fully saturated rings. The molecule has 0 aromatic heterocycles. The van der Waals surface area contributed by atoms with Gasteiger partial charge in [0.05, 0.1) is 0 Å². The molecule has 0 saturated carbocycles. The molecule has 0 aliphatic rings. The minimum absolute atomic E-state index is 0.380. The molecular weight excluding hydrogens is 318 g/mol. The van der Waals surface area contributed by atoms with Crippen LogP contribution >= 0.6 is 31.9 Å². The van der Waals surface area contributed by atoms with Crippen LogP contribution in [0, 0.1) is 5.41 Å². The summed E-state index contributed by atoms with van der Waals surface area (Å²) in [7, 11) is 0. The molecule has 3 heteroatoms. The molecule has 0 saturated heterocycles. The number of benzene rings is 1. The van der Waals surface area contributed by atoms with Gasteiger partial charge >= 0.3 is 0 Å². The van der Waals surface area contributed by atoms with Crippen molar-refractivity contribution in [1.29, 1.82) is 0 Å². The third-order valence-electron chi connectivity index (χ3n) is 2.12. The lowest BCUT2D eigenvalue weighted by molar-refractivity contribution is 0.390. The van der Waals surface area contributed by atoms with E-state index >= 15 is 0 Å². The predicted octanol–water partition coefficient (Wildman–Crippen LogP) is 5.06. The maximum atomic E-state index is 3.53. The van der Waals surface area contributed by atoms with E-state index in [2.05, 4.69) is 64.0 Å². The summed E-state index contributed by atoms with van der Waals surface area (Å²) in [6.07, 6.45) is 1.16. The van der Waals surface area contributed by atoms with Crippen LogP contribution in [0.15, 0.2) is 27.1 Å². The Morgan fingerprint density at radius 2 is 1.87 bits per heavy atom. The van der Waals surface area contributed by atoms with E-state index in [1.54, 1.807) is 0 Å². The highest BCUT2D eigenvalue weighted by Crippen LogP contribution is 2.27. The van der Waals surface area contributed by atoms with Crippen molar-refractivity contribution >= 4 is 37.5 Å². The Bertz CT molecular complexity index is 329. The third-order valence-corrected chi connectivity index (χ3v) is 3.30. The van der Waals surface area contributed by atoms with E-state index in [1.165, 1.54) is 0 Å². The maximum Gasteiger partial charge on any atom is 0.0495 e. The van der Waals surface area contributed by atoms with E-state index in [0.29, 0.717) is 5.41 Å². The summed E-state index contributed by atoms with van der Waals surface area (Å²) in [4.78, 5) is 0. The van der Waals surface area contributed by atoms with Gasteiger partial charge in [-0.25, -0.2) is 0 Å². The minimum Gasteiger partial charge on any atom is -0.384 e. The topological polar surface area (TPSA) is 12.0 Å². The zero-order chi connectivity index (χ0) is 11.5. The molecule has 0 atom stereocenters. The van der Waals surface area contributed by atoms with Gasteiger partial charge in [0.25, 0.3) is 0 Å². The Morgan fingerprint density at radius 1 is 1.20 bits per heavy atom. The molecular formula is C12H17Br2N. The Hall–Kier alpha value is -0.0200. The van der Waals surface area contributed by atoms with E-state index in [4.69, 9.17) is 0 Å². The summed E-state index contributed by atoms with van der Waals surface area (Å²) in [5.41, 5.74) is 1.53. The lowest BCUT2D eigenvalue weighted by Crippen LogP contribution is -2.12. The lowest BCUT2D eigenvalue weighted by atomic mass is 9.92. The lowest BCUT2D eigenvalue weighted by Gasteiger charge is -2.19. The summed E-state index contributed by atoms with van der Waals surface area (Å²) in [5, 5.41) is 3.43. The van der Waals surface area contributed by atoms with Crippen LogP contribution in [-0.2, 0) is 0 Å². The van der Waals surface area contributed by atoms with Gasteiger partial charge < -0.3 is 5.32 Å². The highest BCUT2D eigenvalue weighted by molar-refractivity contribution is 9.11. The molecule has 0 aliphatic heterocycles. The Labute approximate surface area is 109 Å². The number of hydrogen-bond donors (Lipinski definition) is 1. The third kappa shape index (κ3) is 5.03. The molecule has 15 heavy (non-hydrogen) atoms. The fourth-order valence-corrected chi connectivity index (χ4v) is 1.95. The summed E-state index contributed by atoms with van der Waals surface area (Å²) in [5.74, 6) is 0. The number of anilines is 1. The number of hydrogen-bond acceptors (Lipinski definition) is 1. The van der Waals surface area contributed by atoms with Gasteiger partial charge in [-0.15, -0.1) is 0 Å². The standard InChI is InChI=1S/C12H17Br2N/c1-12(2,3)6-7-15-11-8-9(13)4-5-10(11)14/h4-5,8,15H,6-7H2,1-3H3. The van der Waals surface area contributed by atoms with Gasteiger partial charge in [0.1, 0.15) is 0 Å². The van der Waals surface area contributed by atoms with Crippen LogP contribution in [-0.4, -0.2) is 6.54 Å². The van der Waals surface area contributed by atoms with E-state index in [9.17, 15) is 0 Å². The van der Waals surface area contributed by atoms with Crippen molar-refractivity contribution in [2.24, 2.45) is 5.41 Å². The van der Waals surface area contributed by atoms with Crippen LogP contribution in [0.2, 0.25) is 0 Å². The van der Waals surface area contributed by atoms with Crippen molar-refractivity contribution in [3.05, 3.63) is 27.1 Å². The van der Waals surface area contributed by atoms with E-state index in [1.807, 2.05) is 12.1 Å². The van der Waals surface area contributed by atoms with Crippen molar-refractivity contribution in [1.82, 2.24) is 0 Å². The van der Waals surface area contributed by atoms with Crippen molar-refractivity contribution in [2.75, 3.05) is 11.9 Å². The second-order valence-corrected chi connectivity index (χ2v) is 6.63. The van der Waals surface area contributed by atoms with Crippen molar-refractivity contribution in [3.8, 4) is 0 Å². The van der Waals surface area contributed by atoms with Crippen molar-refractivity contribution < 1.29 is 0 Å². The van der Waals surface area contributed by atoms with Gasteiger partial charge in [-0.05, 0) is 46.0 Å². The molecule has 1 nitrogen and oxygen atoms in total. The van der Waals surface area contributed by atoms with Gasteiger partial charge in [-0.3, -0.25) is 0 Å². The number of nitrogens with one attached hydrogen (secondary N) is 1. The minimum atomic E-state index is 0.380. The maximum absolute atomic E-state index is 3.53. The zero-order valence-electron chi connectivity index (χ0n) is 9.40. The van der Waals surface area contributed by atoms with Crippen LogP contribution in [0.4, 0.5) is 5.69 Å². The van der Waals surface area contributed by atoms with Gasteiger partial charge in [0.15, 0.2) is 0 Å². The first kappa shape index (κ1) is 13.0. The van der Waals surface area contributed by atoms with E-state index < -0.39 is 0 Å². The second kappa shape index (κ2) is 5.35. The highest BCUT2D eigenvalue weighted by atomic mass is 79.9. The van der Waals surface area contributed by atoms with Crippen LogP contribution in [0.5, 0.6) is 0 Å². The first-order chi connectivity index (χ1) is 6.88. The first-order valence-corrected chi connectivity index (χ1v) is 6.66. The van der Waals surface area contributed by atoms with E-state index in [-0.39, 0.29) is 0 Å². The predicted molar refractivity (Wildman–Crippen MR) is 74.4 cm³/mol. The highest BCUT2D eigenvalue weighted by Gasteiger charge is 2.09. The smallest absolute Gasteiger partial charge is 0.0495 e. The van der Waals surface area contributed by atoms with Gasteiger partial charge in [0, 0.05) is 21.2 Å². The molecule has 0 heterocycles. The quantitative estimate of drug-likeness (QED) is 0.814. The summed E-state index contributed by atoms with van der Waals surface area (Å²) in [6, 6.07) is 6.16. The summed E-state index contributed by atoms with van der Waals surface area (Å²) < 4.78 is 2.21. The van der Waals surface area contributed by atoms with Crippen LogP contribution in [0.25, 0.3) is 0 Å². The zero-order valence-corrected chi connectivity index (χ0v) is 12.6. The fraction of sp³-hybridized carbons (Fsp3) is 0.500. The Morgan fingerprint density at radius 3 is 2.47 bits per heavy atom. The SMILES string of the molecule is CC(C)(C)CCNc1cc(Br)ccc1Br. The first-order valence-electron chi connectivity index (χ1n) is 5.07. The molecule has 0 amide bonds. The molecule has 0 radical (unpaired) electrons. The molecule has 1 aromatic rings. The van der Waals surface area contributed by atoms with Crippen LogP contribution in [0.3, 0.4) is 0 Å². The Kier molecular flexibility index (Phi) is 4.65. The average Bonchev–Trinajstić information content (AvgIpc) is 2.09. The van der Waals surface area contributed by atoms with Crippen LogP contribution < -0.4 is 5.32 Å². The second-order valence-electron chi connectivity index (χ2n) is 4.86. The molecule has 1 aromatic carbocycles. The number of rotatable bonds is 3.